The van der Waals surface area contributed by atoms with E-state index in [0.29, 0.717) is 35.8 Å². The highest BCUT2D eigenvalue weighted by molar-refractivity contribution is 6.40. The second kappa shape index (κ2) is 13.0. The number of anilines is 2. The standard InChI is InChI=1S/C33H35Cl2FN4O5/c1-37-8-10-39(11-9-37)22-13-26(34)30(27(35)14-22)32(41)40-17-20-5-4-6-23(31(20)45-19-40)24-16-29(38(2)21-7-12-44-18-21)25(15-28(24)36)33(42)43-3/h4-6,13-16,21H,7-12,17-19H2,1-3H3. The zero-order valence-electron chi connectivity index (χ0n) is 25.4. The van der Waals surface area contributed by atoms with Crippen molar-refractivity contribution in [3.05, 3.63) is 75.0 Å². The molecule has 0 N–H and O–H groups in total. The SMILES string of the molecule is COC(=O)c1cc(F)c(-c2cccc3c2OCN(C(=O)c2c(Cl)cc(N4CCN(C)CC4)cc2Cl)C3)cc1N(C)C1CCOC1. The van der Waals surface area contributed by atoms with Crippen molar-refractivity contribution in [3.8, 4) is 16.9 Å². The molecule has 1 atom stereocenters. The summed E-state index contributed by atoms with van der Waals surface area (Å²) in [5.41, 5.74) is 3.23. The van der Waals surface area contributed by atoms with Crippen LogP contribution in [0.4, 0.5) is 15.8 Å². The highest BCUT2D eigenvalue weighted by Gasteiger charge is 2.31. The Bertz CT molecular complexity index is 1600. The van der Waals surface area contributed by atoms with Gasteiger partial charge in [-0.05, 0) is 37.7 Å². The molecule has 0 aliphatic carbocycles. The number of rotatable bonds is 6. The number of hydrogen-bond donors (Lipinski definition) is 0. The van der Waals surface area contributed by atoms with Crippen molar-refractivity contribution in [1.29, 1.82) is 0 Å². The molecule has 3 heterocycles. The summed E-state index contributed by atoms with van der Waals surface area (Å²) in [6, 6.07) is 11.8. The van der Waals surface area contributed by atoms with Gasteiger partial charge in [-0.1, -0.05) is 41.4 Å². The van der Waals surface area contributed by atoms with Gasteiger partial charge in [-0.3, -0.25) is 4.79 Å². The van der Waals surface area contributed by atoms with Crippen LogP contribution in [0.3, 0.4) is 0 Å². The van der Waals surface area contributed by atoms with Crippen LogP contribution in [0.5, 0.6) is 5.75 Å². The molecule has 0 spiro atoms. The van der Waals surface area contributed by atoms with Crippen LogP contribution in [0.2, 0.25) is 10.0 Å². The van der Waals surface area contributed by atoms with Gasteiger partial charge in [-0.2, -0.15) is 0 Å². The number of benzene rings is 3. The summed E-state index contributed by atoms with van der Waals surface area (Å²) in [5, 5.41) is 0.552. The van der Waals surface area contributed by atoms with E-state index in [0.717, 1.165) is 38.3 Å². The Kier molecular flexibility index (Phi) is 9.10. The molecule has 1 unspecified atom stereocenters. The zero-order chi connectivity index (χ0) is 31.8. The minimum atomic E-state index is -0.629. The van der Waals surface area contributed by atoms with Gasteiger partial charge < -0.3 is 33.8 Å². The molecule has 45 heavy (non-hydrogen) atoms. The smallest absolute Gasteiger partial charge is 0.340 e. The molecule has 9 nitrogen and oxygen atoms in total. The fourth-order valence-corrected chi connectivity index (χ4v) is 6.78. The van der Waals surface area contributed by atoms with Gasteiger partial charge in [0.2, 0.25) is 0 Å². The summed E-state index contributed by atoms with van der Waals surface area (Å²) >= 11 is 13.3. The van der Waals surface area contributed by atoms with Gasteiger partial charge in [0.1, 0.15) is 11.6 Å². The van der Waals surface area contributed by atoms with Gasteiger partial charge in [0.25, 0.3) is 5.91 Å². The molecule has 2 saturated heterocycles. The van der Waals surface area contributed by atoms with Crippen LogP contribution in [-0.2, 0) is 16.0 Å². The van der Waals surface area contributed by atoms with Crippen molar-refractivity contribution >= 4 is 46.5 Å². The lowest BCUT2D eigenvalue weighted by atomic mass is 9.96. The van der Waals surface area contributed by atoms with E-state index in [9.17, 15) is 9.59 Å². The van der Waals surface area contributed by atoms with Gasteiger partial charge in [-0.15, -0.1) is 0 Å². The van der Waals surface area contributed by atoms with Gasteiger partial charge in [-0.25, -0.2) is 9.18 Å². The third kappa shape index (κ3) is 6.16. The van der Waals surface area contributed by atoms with E-state index in [1.54, 1.807) is 30.3 Å². The summed E-state index contributed by atoms with van der Waals surface area (Å²) in [6.45, 7) is 4.78. The highest BCUT2D eigenvalue weighted by atomic mass is 35.5. The second-order valence-electron chi connectivity index (χ2n) is 11.6. The number of hydrogen-bond acceptors (Lipinski definition) is 8. The third-order valence-electron chi connectivity index (χ3n) is 8.83. The van der Waals surface area contributed by atoms with Crippen LogP contribution in [0, 0.1) is 5.82 Å². The van der Waals surface area contributed by atoms with Gasteiger partial charge >= 0.3 is 5.97 Å². The van der Waals surface area contributed by atoms with Crippen LogP contribution >= 0.6 is 23.2 Å². The molecule has 0 radical (unpaired) electrons. The lowest BCUT2D eigenvalue weighted by Crippen LogP contribution is -2.44. The summed E-state index contributed by atoms with van der Waals surface area (Å²) in [4.78, 5) is 34.2. The number of fused-ring (bicyclic) bond motifs is 1. The molecule has 1 amide bonds. The van der Waals surface area contributed by atoms with Crippen molar-refractivity contribution in [2.75, 3.05) is 77.1 Å². The van der Waals surface area contributed by atoms with Gasteiger partial charge in [0.15, 0.2) is 6.73 Å². The lowest BCUT2D eigenvalue weighted by molar-refractivity contribution is 0.0515. The molecular formula is C33H35Cl2FN4O5. The number of esters is 1. The van der Waals surface area contributed by atoms with Crippen LogP contribution in [0.25, 0.3) is 11.1 Å². The van der Waals surface area contributed by atoms with E-state index >= 15 is 4.39 Å². The summed E-state index contributed by atoms with van der Waals surface area (Å²) in [6.07, 6.45) is 0.782. The van der Waals surface area contributed by atoms with Crippen molar-refractivity contribution < 1.29 is 28.2 Å². The highest BCUT2D eigenvalue weighted by Crippen LogP contribution is 2.41. The molecule has 0 aromatic heterocycles. The van der Waals surface area contributed by atoms with Crippen molar-refractivity contribution in [2.24, 2.45) is 0 Å². The molecule has 3 aliphatic rings. The van der Waals surface area contributed by atoms with Crippen LogP contribution in [0.1, 0.15) is 32.7 Å². The molecular weight excluding hydrogens is 622 g/mol. The second-order valence-corrected chi connectivity index (χ2v) is 12.4. The maximum absolute atomic E-state index is 15.7. The Balaban J connectivity index is 1.28. The van der Waals surface area contributed by atoms with E-state index in [2.05, 4.69) is 16.8 Å². The normalized spacial score (nSPS) is 18.4. The summed E-state index contributed by atoms with van der Waals surface area (Å²) in [7, 11) is 5.21. The first-order chi connectivity index (χ1) is 21.7. The number of nitrogens with zero attached hydrogens (tertiary/aromatic N) is 4. The number of likely N-dealkylation sites (N-methyl/N-ethyl adjacent to an activating group) is 2. The Morgan fingerprint density at radius 2 is 1.78 bits per heavy atom. The van der Waals surface area contributed by atoms with Crippen molar-refractivity contribution in [2.45, 2.75) is 19.0 Å². The number of carbonyl (C=O) groups excluding carboxylic acids is 2. The Morgan fingerprint density at radius 1 is 1.04 bits per heavy atom. The monoisotopic (exact) mass is 656 g/mol. The first kappa shape index (κ1) is 31.4. The molecule has 6 rings (SSSR count). The maximum Gasteiger partial charge on any atom is 0.340 e. The van der Waals surface area contributed by atoms with Crippen LogP contribution in [-0.4, -0.2) is 95.0 Å². The average Bonchev–Trinajstić information content (AvgIpc) is 3.59. The third-order valence-corrected chi connectivity index (χ3v) is 9.43. The van der Waals surface area contributed by atoms with Crippen LogP contribution in [0.15, 0.2) is 42.5 Å². The van der Waals surface area contributed by atoms with Gasteiger partial charge in [0.05, 0.1) is 53.2 Å². The Hall–Kier alpha value is -3.57. The zero-order valence-corrected chi connectivity index (χ0v) is 27.0. The minimum Gasteiger partial charge on any atom is -0.472 e. The van der Waals surface area contributed by atoms with E-state index in [1.807, 2.05) is 18.0 Å². The predicted molar refractivity (Wildman–Crippen MR) is 172 cm³/mol. The molecule has 3 aromatic rings. The topological polar surface area (TPSA) is 74.8 Å². The first-order valence-corrected chi connectivity index (χ1v) is 15.6. The molecule has 238 valence electrons. The van der Waals surface area contributed by atoms with E-state index < -0.39 is 11.8 Å². The summed E-state index contributed by atoms with van der Waals surface area (Å²) < 4.78 is 32.4. The molecule has 12 heteroatoms. The Morgan fingerprint density at radius 3 is 2.44 bits per heavy atom. The fraction of sp³-hybridized carbons (Fsp3) is 0.394. The molecule has 0 bridgehead atoms. The number of carbonyl (C=O) groups is 2. The quantitative estimate of drug-likeness (QED) is 0.320. The molecule has 3 aromatic carbocycles. The average molecular weight is 658 g/mol. The molecule has 0 saturated carbocycles. The van der Waals surface area contributed by atoms with Gasteiger partial charge in [0, 0.05) is 62.2 Å². The molecule has 3 aliphatic heterocycles. The number of methoxy groups -OCH3 is 1. The number of piperazine rings is 1. The summed E-state index contributed by atoms with van der Waals surface area (Å²) in [5.74, 6) is -1.12. The number of amides is 1. The van der Waals surface area contributed by atoms with E-state index in [1.165, 1.54) is 18.1 Å². The Labute approximate surface area is 271 Å². The van der Waals surface area contributed by atoms with Crippen molar-refractivity contribution in [1.82, 2.24) is 9.80 Å². The maximum atomic E-state index is 15.7. The minimum absolute atomic E-state index is 0.0292. The van der Waals surface area contributed by atoms with E-state index in [4.69, 9.17) is 37.4 Å². The van der Waals surface area contributed by atoms with Crippen LogP contribution < -0.4 is 14.5 Å². The number of halogens is 3. The first-order valence-electron chi connectivity index (χ1n) is 14.9. The van der Waals surface area contributed by atoms with Crippen molar-refractivity contribution in [3.63, 3.8) is 0 Å². The molecule has 2 fully saturated rings. The number of para-hydroxylation sites is 1. The lowest BCUT2D eigenvalue weighted by Gasteiger charge is -2.34. The van der Waals surface area contributed by atoms with E-state index in [-0.39, 0.29) is 52.0 Å². The number of ether oxygens (including phenoxy) is 3. The fourth-order valence-electron chi connectivity index (χ4n) is 6.14. The predicted octanol–water partition coefficient (Wildman–Crippen LogP) is 5.56. The largest absolute Gasteiger partial charge is 0.472 e.